The molecule has 0 radical (unpaired) electrons. The summed E-state index contributed by atoms with van der Waals surface area (Å²) in [6.45, 7) is 0.0575. The van der Waals surface area contributed by atoms with Gasteiger partial charge in [-0.1, -0.05) is 0 Å². The Balaban J connectivity index is 1.84. The number of methoxy groups -OCH3 is 1. The van der Waals surface area contributed by atoms with Gasteiger partial charge >= 0.3 is 0 Å². The third-order valence-electron chi connectivity index (χ3n) is 2.62. The number of benzene rings is 1. The molecular formula is C14H16N2O4S. The van der Waals surface area contributed by atoms with Crippen molar-refractivity contribution in [1.82, 2.24) is 4.98 Å². The molecule has 1 heterocycles. The summed E-state index contributed by atoms with van der Waals surface area (Å²) in [6, 6.07) is 10.2. The summed E-state index contributed by atoms with van der Waals surface area (Å²) in [5, 5.41) is 0. The number of hydrogen-bond acceptors (Lipinski definition) is 5. The van der Waals surface area contributed by atoms with Gasteiger partial charge in [0.1, 0.15) is 23.9 Å². The molecule has 1 N–H and O–H groups in total. The molecule has 0 aliphatic carbocycles. The molecule has 0 aliphatic heterocycles. The molecule has 2 aromatic rings. The van der Waals surface area contributed by atoms with Gasteiger partial charge in [0.05, 0.1) is 19.0 Å². The van der Waals surface area contributed by atoms with Crippen LogP contribution < -0.4 is 14.2 Å². The predicted octanol–water partition coefficient (Wildman–Crippen LogP) is 1.91. The molecule has 6 nitrogen and oxygen atoms in total. The summed E-state index contributed by atoms with van der Waals surface area (Å²) in [7, 11) is -1.88. The highest BCUT2D eigenvalue weighted by Crippen LogP contribution is 2.17. The number of hydrogen-bond donors (Lipinski definition) is 1. The normalized spacial score (nSPS) is 10.9. The van der Waals surface area contributed by atoms with Crippen LogP contribution in [0.25, 0.3) is 0 Å². The smallest absolute Gasteiger partial charge is 0.236 e. The largest absolute Gasteiger partial charge is 0.497 e. The minimum atomic E-state index is -3.46. The van der Waals surface area contributed by atoms with Crippen LogP contribution in [0.4, 0.5) is 5.69 Å². The number of nitrogens with one attached hydrogen (secondary N) is 1. The first-order valence-corrected chi connectivity index (χ1v) is 7.92. The second-order valence-electron chi connectivity index (χ2n) is 4.19. The molecule has 0 bridgehead atoms. The van der Waals surface area contributed by atoms with Crippen molar-refractivity contribution in [2.24, 2.45) is 0 Å². The lowest BCUT2D eigenvalue weighted by molar-refractivity contribution is 0.340. The lowest BCUT2D eigenvalue weighted by atomic mass is 10.3. The van der Waals surface area contributed by atoms with Gasteiger partial charge in [-0.15, -0.1) is 0 Å². The number of nitrogens with zero attached hydrogens (tertiary/aromatic N) is 1. The molecule has 1 aromatic heterocycles. The Morgan fingerprint density at radius 3 is 2.48 bits per heavy atom. The predicted molar refractivity (Wildman–Crippen MR) is 80.1 cm³/mol. The maximum Gasteiger partial charge on any atom is 0.236 e. The number of anilines is 1. The van der Waals surface area contributed by atoms with E-state index in [-0.39, 0.29) is 12.4 Å². The first-order chi connectivity index (χ1) is 10.1. The topological polar surface area (TPSA) is 77.5 Å². The van der Waals surface area contributed by atoms with Gasteiger partial charge in [0.25, 0.3) is 0 Å². The fraction of sp³-hybridized carbons (Fsp3) is 0.214. The molecule has 0 saturated heterocycles. The Morgan fingerprint density at radius 2 is 1.86 bits per heavy atom. The van der Waals surface area contributed by atoms with Crippen molar-refractivity contribution in [2.75, 3.05) is 24.2 Å². The maximum absolute atomic E-state index is 11.9. The summed E-state index contributed by atoms with van der Waals surface area (Å²) in [4.78, 5) is 3.84. The Bertz CT molecular complexity index is 657. The number of pyridine rings is 1. The van der Waals surface area contributed by atoms with Crippen LogP contribution in [-0.4, -0.2) is 32.9 Å². The van der Waals surface area contributed by atoms with E-state index in [0.29, 0.717) is 17.2 Å². The van der Waals surface area contributed by atoms with Gasteiger partial charge in [0, 0.05) is 6.20 Å². The van der Waals surface area contributed by atoms with Gasteiger partial charge in [-0.2, -0.15) is 0 Å². The first-order valence-electron chi connectivity index (χ1n) is 6.26. The molecule has 0 fully saturated rings. The highest BCUT2D eigenvalue weighted by atomic mass is 32.2. The van der Waals surface area contributed by atoms with Gasteiger partial charge in [0.15, 0.2) is 0 Å². The average molecular weight is 308 g/mol. The van der Waals surface area contributed by atoms with E-state index >= 15 is 0 Å². The van der Waals surface area contributed by atoms with Crippen LogP contribution in [-0.2, 0) is 10.0 Å². The van der Waals surface area contributed by atoms with Gasteiger partial charge in [0.2, 0.25) is 10.0 Å². The van der Waals surface area contributed by atoms with Crippen LogP contribution in [0.1, 0.15) is 0 Å². The Morgan fingerprint density at radius 1 is 1.14 bits per heavy atom. The molecule has 1 aromatic carbocycles. The van der Waals surface area contributed by atoms with E-state index in [1.165, 1.54) is 6.20 Å². The van der Waals surface area contributed by atoms with E-state index in [1.807, 2.05) is 0 Å². The van der Waals surface area contributed by atoms with E-state index in [9.17, 15) is 8.42 Å². The highest BCUT2D eigenvalue weighted by Gasteiger charge is 2.10. The van der Waals surface area contributed by atoms with Crippen LogP contribution in [0.15, 0.2) is 48.8 Å². The van der Waals surface area contributed by atoms with E-state index < -0.39 is 10.0 Å². The van der Waals surface area contributed by atoms with Crippen molar-refractivity contribution in [2.45, 2.75) is 0 Å². The lowest BCUT2D eigenvalue weighted by Crippen LogP contribution is -2.21. The zero-order valence-electron chi connectivity index (χ0n) is 11.5. The van der Waals surface area contributed by atoms with Crippen LogP contribution >= 0.6 is 0 Å². The SMILES string of the molecule is COc1ccc(OCCS(=O)(=O)Nc2cccnc2)cc1. The zero-order valence-corrected chi connectivity index (χ0v) is 12.3. The minimum absolute atomic E-state index is 0.0575. The molecule has 21 heavy (non-hydrogen) atoms. The second kappa shape index (κ2) is 6.94. The lowest BCUT2D eigenvalue weighted by Gasteiger charge is -2.09. The van der Waals surface area contributed by atoms with Gasteiger partial charge in [-0.3, -0.25) is 9.71 Å². The molecule has 112 valence electrons. The third kappa shape index (κ3) is 4.96. The number of ether oxygens (including phenoxy) is 2. The quantitative estimate of drug-likeness (QED) is 0.845. The Kier molecular flexibility index (Phi) is 4.99. The number of aromatic nitrogens is 1. The van der Waals surface area contributed by atoms with Crippen molar-refractivity contribution in [3.8, 4) is 11.5 Å². The third-order valence-corrected chi connectivity index (χ3v) is 3.87. The second-order valence-corrected chi connectivity index (χ2v) is 6.03. The maximum atomic E-state index is 11.9. The highest BCUT2D eigenvalue weighted by molar-refractivity contribution is 7.92. The monoisotopic (exact) mass is 308 g/mol. The van der Waals surface area contributed by atoms with Gasteiger partial charge in [-0.25, -0.2) is 8.42 Å². The number of sulfonamides is 1. The molecular weight excluding hydrogens is 292 g/mol. The molecule has 0 spiro atoms. The summed E-state index contributed by atoms with van der Waals surface area (Å²) >= 11 is 0. The van der Waals surface area contributed by atoms with Crippen LogP contribution in [0.3, 0.4) is 0 Å². The van der Waals surface area contributed by atoms with Crippen molar-refractivity contribution in [1.29, 1.82) is 0 Å². The van der Waals surface area contributed by atoms with Gasteiger partial charge < -0.3 is 9.47 Å². The molecule has 7 heteroatoms. The van der Waals surface area contributed by atoms with Crippen molar-refractivity contribution in [3.63, 3.8) is 0 Å². The summed E-state index contributed by atoms with van der Waals surface area (Å²) < 4.78 is 36.6. The van der Waals surface area contributed by atoms with Crippen molar-refractivity contribution >= 4 is 15.7 Å². The van der Waals surface area contributed by atoms with E-state index in [2.05, 4.69) is 9.71 Å². The van der Waals surface area contributed by atoms with Crippen molar-refractivity contribution in [3.05, 3.63) is 48.8 Å². The summed E-state index contributed by atoms with van der Waals surface area (Å²) in [5.41, 5.74) is 0.432. The molecule has 0 unspecified atom stereocenters. The van der Waals surface area contributed by atoms with Gasteiger partial charge in [-0.05, 0) is 36.4 Å². The summed E-state index contributed by atoms with van der Waals surface area (Å²) in [6.07, 6.45) is 3.02. The molecule has 0 amide bonds. The molecule has 0 atom stereocenters. The van der Waals surface area contributed by atoms with E-state index in [1.54, 1.807) is 49.7 Å². The molecule has 2 rings (SSSR count). The van der Waals surface area contributed by atoms with Crippen molar-refractivity contribution < 1.29 is 17.9 Å². The standard InChI is InChI=1S/C14H16N2O4S/c1-19-13-4-6-14(7-5-13)20-9-10-21(17,18)16-12-3-2-8-15-11-12/h2-8,11,16H,9-10H2,1H3. The van der Waals surface area contributed by atoms with Crippen LogP contribution in [0, 0.1) is 0 Å². The average Bonchev–Trinajstić information content (AvgIpc) is 2.48. The minimum Gasteiger partial charge on any atom is -0.497 e. The van der Waals surface area contributed by atoms with E-state index in [0.717, 1.165) is 0 Å². The van der Waals surface area contributed by atoms with Crippen LogP contribution in [0.5, 0.6) is 11.5 Å². The van der Waals surface area contributed by atoms with Crippen LogP contribution in [0.2, 0.25) is 0 Å². The molecule has 0 saturated carbocycles. The fourth-order valence-corrected chi connectivity index (χ4v) is 2.48. The Labute approximate surface area is 123 Å². The number of rotatable bonds is 7. The Hall–Kier alpha value is -2.28. The fourth-order valence-electron chi connectivity index (χ4n) is 1.59. The molecule has 0 aliphatic rings. The zero-order chi connectivity index (χ0) is 15.1. The first kappa shape index (κ1) is 15.1. The van der Waals surface area contributed by atoms with E-state index in [4.69, 9.17) is 9.47 Å². The summed E-state index contributed by atoms with van der Waals surface area (Å²) in [5.74, 6) is 1.16.